The molecule has 2 amide bonds. The summed E-state index contributed by atoms with van der Waals surface area (Å²) in [6.07, 6.45) is 9.40. The standard InChI is InChI=1S/C24H28N4O2S/c29-22(8-11-24(12-9-23(30)27-24)17-20-7-4-16-31-20)26-21(19-5-2-1-3-6-19)10-14-28-15-13-25-18-28/h1-7,13,15-16,18,21H,8-12,14,17H2,(H,26,29)(H,27,30)/t21-,24-/m1/s1. The first-order valence-electron chi connectivity index (χ1n) is 10.8. The number of thiophene rings is 1. The molecule has 0 bridgehead atoms. The van der Waals surface area contributed by atoms with Gasteiger partial charge >= 0.3 is 0 Å². The molecule has 2 aromatic heterocycles. The highest BCUT2D eigenvalue weighted by atomic mass is 32.1. The Morgan fingerprint density at radius 1 is 1.26 bits per heavy atom. The van der Waals surface area contributed by atoms with Crippen molar-refractivity contribution in [1.82, 2.24) is 20.2 Å². The van der Waals surface area contributed by atoms with Gasteiger partial charge in [-0.05, 0) is 36.3 Å². The first-order chi connectivity index (χ1) is 15.1. The maximum Gasteiger partial charge on any atom is 0.220 e. The predicted octanol–water partition coefficient (Wildman–Crippen LogP) is 3.86. The molecule has 6 nitrogen and oxygen atoms in total. The van der Waals surface area contributed by atoms with Gasteiger partial charge in [-0.1, -0.05) is 36.4 Å². The van der Waals surface area contributed by atoms with Crippen molar-refractivity contribution in [2.45, 2.75) is 56.7 Å². The van der Waals surface area contributed by atoms with Crippen molar-refractivity contribution >= 4 is 23.2 Å². The van der Waals surface area contributed by atoms with Crippen molar-refractivity contribution in [3.8, 4) is 0 Å². The second-order valence-corrected chi connectivity index (χ2v) is 9.24. The van der Waals surface area contributed by atoms with Gasteiger partial charge in [0.2, 0.25) is 11.8 Å². The van der Waals surface area contributed by atoms with Crippen LogP contribution in [0.2, 0.25) is 0 Å². The number of nitrogens with one attached hydrogen (secondary N) is 2. The Hall–Kier alpha value is -2.93. The highest BCUT2D eigenvalue weighted by Gasteiger charge is 2.38. The number of rotatable bonds is 10. The van der Waals surface area contributed by atoms with E-state index in [0.717, 1.165) is 31.4 Å². The molecule has 2 atom stereocenters. The summed E-state index contributed by atoms with van der Waals surface area (Å²) in [4.78, 5) is 30.2. The molecule has 0 radical (unpaired) electrons. The second-order valence-electron chi connectivity index (χ2n) is 8.20. The van der Waals surface area contributed by atoms with E-state index in [1.807, 2.05) is 47.2 Å². The fourth-order valence-electron chi connectivity index (χ4n) is 4.25. The van der Waals surface area contributed by atoms with Gasteiger partial charge in [0.25, 0.3) is 0 Å². The largest absolute Gasteiger partial charge is 0.350 e. The predicted molar refractivity (Wildman–Crippen MR) is 122 cm³/mol. The van der Waals surface area contributed by atoms with Crippen LogP contribution in [-0.2, 0) is 22.6 Å². The molecule has 1 fully saturated rings. The van der Waals surface area contributed by atoms with Crippen molar-refractivity contribution in [3.63, 3.8) is 0 Å². The number of nitrogens with zero attached hydrogens (tertiary/aromatic N) is 2. The lowest BCUT2D eigenvalue weighted by atomic mass is 9.87. The Kier molecular flexibility index (Phi) is 6.82. The van der Waals surface area contributed by atoms with Gasteiger partial charge in [0.15, 0.2) is 0 Å². The molecule has 4 rings (SSSR count). The van der Waals surface area contributed by atoms with E-state index in [-0.39, 0.29) is 23.4 Å². The maximum absolute atomic E-state index is 12.9. The van der Waals surface area contributed by atoms with Crippen molar-refractivity contribution < 1.29 is 9.59 Å². The van der Waals surface area contributed by atoms with E-state index in [9.17, 15) is 9.59 Å². The van der Waals surface area contributed by atoms with Gasteiger partial charge < -0.3 is 15.2 Å². The van der Waals surface area contributed by atoms with E-state index in [2.05, 4.69) is 27.1 Å². The molecule has 0 unspecified atom stereocenters. The zero-order valence-corrected chi connectivity index (χ0v) is 18.3. The molecule has 1 aliphatic heterocycles. The summed E-state index contributed by atoms with van der Waals surface area (Å²) < 4.78 is 2.02. The van der Waals surface area contributed by atoms with E-state index >= 15 is 0 Å². The van der Waals surface area contributed by atoms with Crippen molar-refractivity contribution in [1.29, 1.82) is 0 Å². The van der Waals surface area contributed by atoms with Crippen LogP contribution in [0.1, 0.15) is 48.6 Å². The molecule has 0 aliphatic carbocycles. The molecule has 1 aliphatic rings. The fourth-order valence-corrected chi connectivity index (χ4v) is 5.10. The summed E-state index contributed by atoms with van der Waals surface area (Å²) in [5.41, 5.74) is 0.775. The molecule has 7 heteroatoms. The van der Waals surface area contributed by atoms with Crippen LogP contribution in [0.3, 0.4) is 0 Å². The lowest BCUT2D eigenvalue weighted by Crippen LogP contribution is -2.44. The molecule has 0 saturated carbocycles. The average Bonchev–Trinajstić information content (AvgIpc) is 3.54. The SMILES string of the molecule is O=C(CC[C@]1(Cc2cccs2)CCC(=O)N1)N[C@H](CCn1ccnc1)c1ccccc1. The first-order valence-corrected chi connectivity index (χ1v) is 11.6. The Bertz CT molecular complexity index is 972. The van der Waals surface area contributed by atoms with Crippen LogP contribution in [0.5, 0.6) is 0 Å². The van der Waals surface area contributed by atoms with Crippen LogP contribution in [0.15, 0.2) is 66.6 Å². The van der Waals surface area contributed by atoms with Gasteiger partial charge in [0, 0.05) is 48.6 Å². The molecule has 3 heterocycles. The monoisotopic (exact) mass is 436 g/mol. The third-order valence-corrected chi connectivity index (χ3v) is 6.81. The van der Waals surface area contributed by atoms with E-state index in [1.54, 1.807) is 23.9 Å². The number of benzene rings is 1. The highest BCUT2D eigenvalue weighted by Crippen LogP contribution is 2.31. The molecular weight excluding hydrogens is 408 g/mol. The summed E-state index contributed by atoms with van der Waals surface area (Å²) in [5.74, 6) is 0.102. The molecular formula is C24H28N4O2S. The topological polar surface area (TPSA) is 76.0 Å². The number of hydrogen-bond donors (Lipinski definition) is 2. The molecule has 162 valence electrons. The quantitative estimate of drug-likeness (QED) is 0.507. The number of aryl methyl sites for hydroxylation is 1. The summed E-state index contributed by atoms with van der Waals surface area (Å²) in [5, 5.41) is 8.44. The Labute approximate surface area is 186 Å². The normalized spacial score (nSPS) is 19.2. The third kappa shape index (κ3) is 5.82. The number of imidazole rings is 1. The van der Waals surface area contributed by atoms with Gasteiger partial charge in [0.1, 0.15) is 0 Å². The lowest BCUT2D eigenvalue weighted by molar-refractivity contribution is -0.123. The molecule has 31 heavy (non-hydrogen) atoms. The number of hydrogen-bond acceptors (Lipinski definition) is 4. The smallest absolute Gasteiger partial charge is 0.220 e. The van der Waals surface area contributed by atoms with Crippen LogP contribution in [-0.4, -0.2) is 26.9 Å². The summed E-state index contributed by atoms with van der Waals surface area (Å²) in [7, 11) is 0. The van der Waals surface area contributed by atoms with Crippen LogP contribution >= 0.6 is 11.3 Å². The zero-order chi connectivity index (χ0) is 21.5. The van der Waals surface area contributed by atoms with E-state index in [1.165, 1.54) is 4.88 Å². The second kappa shape index (κ2) is 9.92. The highest BCUT2D eigenvalue weighted by molar-refractivity contribution is 7.09. The van der Waals surface area contributed by atoms with E-state index in [4.69, 9.17) is 0 Å². The molecule has 2 N–H and O–H groups in total. The molecule has 1 saturated heterocycles. The summed E-state index contributed by atoms with van der Waals surface area (Å²) in [6, 6.07) is 14.1. The van der Waals surface area contributed by atoms with Gasteiger partial charge in [-0.15, -0.1) is 11.3 Å². The van der Waals surface area contributed by atoms with Crippen LogP contribution in [0, 0.1) is 0 Å². The van der Waals surface area contributed by atoms with Gasteiger partial charge in [-0.2, -0.15) is 0 Å². The van der Waals surface area contributed by atoms with Crippen molar-refractivity contribution in [2.24, 2.45) is 0 Å². The number of carbonyl (C=O) groups is 2. The number of amides is 2. The minimum Gasteiger partial charge on any atom is -0.350 e. The first kappa shape index (κ1) is 21.3. The summed E-state index contributed by atoms with van der Waals surface area (Å²) in [6.45, 7) is 0.776. The van der Waals surface area contributed by atoms with Crippen LogP contribution < -0.4 is 10.6 Å². The van der Waals surface area contributed by atoms with Crippen molar-refractivity contribution in [3.05, 3.63) is 77.0 Å². The molecule has 1 aromatic carbocycles. The van der Waals surface area contributed by atoms with Gasteiger partial charge in [-0.25, -0.2) is 4.98 Å². The Morgan fingerprint density at radius 3 is 2.81 bits per heavy atom. The zero-order valence-electron chi connectivity index (χ0n) is 17.5. The minimum absolute atomic E-state index is 0.0196. The minimum atomic E-state index is -0.321. The van der Waals surface area contributed by atoms with E-state index < -0.39 is 0 Å². The number of carbonyl (C=O) groups excluding carboxylic acids is 2. The third-order valence-electron chi connectivity index (χ3n) is 5.93. The average molecular weight is 437 g/mol. The maximum atomic E-state index is 12.9. The van der Waals surface area contributed by atoms with Gasteiger partial charge in [-0.3, -0.25) is 9.59 Å². The van der Waals surface area contributed by atoms with Crippen LogP contribution in [0.25, 0.3) is 0 Å². The Balaban J connectivity index is 1.38. The Morgan fingerprint density at radius 2 is 2.13 bits per heavy atom. The van der Waals surface area contributed by atoms with Crippen molar-refractivity contribution in [2.75, 3.05) is 0 Å². The van der Waals surface area contributed by atoms with Crippen LogP contribution in [0.4, 0.5) is 0 Å². The lowest BCUT2D eigenvalue weighted by Gasteiger charge is -2.29. The fraction of sp³-hybridized carbons (Fsp3) is 0.375. The van der Waals surface area contributed by atoms with Gasteiger partial charge in [0.05, 0.1) is 12.4 Å². The molecule has 3 aromatic rings. The molecule has 0 spiro atoms. The van der Waals surface area contributed by atoms with E-state index in [0.29, 0.717) is 19.3 Å². The summed E-state index contributed by atoms with van der Waals surface area (Å²) >= 11 is 1.70. The number of aromatic nitrogens is 2.